The van der Waals surface area contributed by atoms with Crippen LogP contribution in [-0.4, -0.2) is 16.6 Å². The third-order valence-corrected chi connectivity index (χ3v) is 18.2. The molecule has 42 heavy (non-hydrogen) atoms. The van der Waals surface area contributed by atoms with Crippen LogP contribution in [0.3, 0.4) is 0 Å². The number of hydrogen-bond donors (Lipinski definition) is 0. The molecule has 5 rings (SSSR count). The van der Waals surface area contributed by atoms with E-state index in [1.54, 1.807) is 36.4 Å². The minimum absolute atomic E-state index is 0.0464. The van der Waals surface area contributed by atoms with Gasteiger partial charge >= 0.3 is 0 Å². The lowest BCUT2D eigenvalue weighted by Gasteiger charge is -2.36. The molecule has 0 bridgehead atoms. The van der Waals surface area contributed by atoms with E-state index in [2.05, 4.69) is 67.7 Å². The first-order valence-electron chi connectivity index (χ1n) is 14.3. The summed E-state index contributed by atoms with van der Waals surface area (Å²) in [4.78, 5) is 54.8. The number of fused-ring (bicyclic) bond motifs is 4. The van der Waals surface area contributed by atoms with Gasteiger partial charge in [0.05, 0.1) is 0 Å². The van der Waals surface area contributed by atoms with Crippen molar-refractivity contribution in [3.8, 4) is 11.5 Å². The smallest absolute Gasteiger partial charge is 0.250 e. The zero-order valence-corrected chi connectivity index (χ0v) is 28.1. The fraction of sp³-hybridized carbons (Fsp3) is 0.353. The molecule has 6 nitrogen and oxygen atoms in total. The molecule has 0 saturated heterocycles. The van der Waals surface area contributed by atoms with Gasteiger partial charge in [0.1, 0.15) is 11.5 Å². The van der Waals surface area contributed by atoms with Crippen LogP contribution in [0.1, 0.15) is 41.5 Å². The van der Waals surface area contributed by atoms with E-state index in [4.69, 9.17) is 8.85 Å². The second-order valence-electron chi connectivity index (χ2n) is 14.4. The highest BCUT2D eigenvalue weighted by Gasteiger charge is 2.40. The van der Waals surface area contributed by atoms with Crippen molar-refractivity contribution in [2.75, 3.05) is 0 Å². The fourth-order valence-electron chi connectivity index (χ4n) is 4.77. The van der Waals surface area contributed by atoms with Crippen LogP contribution in [0.25, 0.3) is 43.1 Å². The van der Waals surface area contributed by atoms with Crippen LogP contribution in [0.5, 0.6) is 11.5 Å². The lowest BCUT2D eigenvalue weighted by atomic mass is 9.96. The normalized spacial score (nSPS) is 13.4. The first-order valence-corrected chi connectivity index (χ1v) is 20.1. The molecule has 0 aromatic heterocycles. The molecule has 0 heterocycles. The Hall–Kier alpha value is -3.63. The molecular formula is C34H38O6Si2. The van der Waals surface area contributed by atoms with Gasteiger partial charge in [-0.15, -0.1) is 0 Å². The third kappa shape index (κ3) is 4.70. The van der Waals surface area contributed by atoms with Gasteiger partial charge in [0.2, 0.25) is 16.6 Å². The lowest BCUT2D eigenvalue weighted by Crippen LogP contribution is -2.43. The Labute approximate surface area is 246 Å². The number of rotatable bonds is 4. The maximum absolute atomic E-state index is 13.7. The minimum atomic E-state index is -2.18. The molecule has 0 aliphatic carbocycles. The lowest BCUT2D eigenvalue weighted by molar-refractivity contribution is 0.492. The molecule has 0 atom stereocenters. The molecule has 0 radical (unpaired) electrons. The summed E-state index contributed by atoms with van der Waals surface area (Å²) in [7, 11) is -4.37. The Bertz CT molecular complexity index is 1990. The maximum atomic E-state index is 13.7. The Morgan fingerprint density at radius 3 is 0.976 bits per heavy atom. The van der Waals surface area contributed by atoms with Gasteiger partial charge < -0.3 is 8.85 Å². The van der Waals surface area contributed by atoms with Crippen molar-refractivity contribution < 1.29 is 8.85 Å². The summed E-state index contributed by atoms with van der Waals surface area (Å²) in [5.74, 6) is 1.08. The van der Waals surface area contributed by atoms with E-state index in [-0.39, 0.29) is 74.9 Å². The molecule has 5 aromatic carbocycles. The Balaban J connectivity index is 1.74. The van der Waals surface area contributed by atoms with E-state index in [0.29, 0.717) is 11.5 Å². The molecule has 5 aromatic rings. The van der Waals surface area contributed by atoms with Gasteiger partial charge in [-0.05, 0) is 84.8 Å². The van der Waals surface area contributed by atoms with Gasteiger partial charge in [-0.2, -0.15) is 0 Å². The standard InChI is InChI=1S/C34H38O6Si2/c1-33(2,3)41(7,8)39-19-11-13-21-23(15-19)31(37)27-17-26-28(18-25(27)29(21)35)32(38)24-16-20(12-14-22(24)30(26)36)40-42(9,10)34(4,5)6/h11-18H,1-10H3. The fourth-order valence-corrected chi connectivity index (χ4v) is 6.82. The predicted octanol–water partition coefficient (Wildman–Crippen LogP) is 7.38. The van der Waals surface area contributed by atoms with E-state index in [1.807, 2.05) is 0 Å². The molecular weight excluding hydrogens is 561 g/mol. The summed E-state index contributed by atoms with van der Waals surface area (Å²) in [6.45, 7) is 21.2. The number of benzene rings is 5. The van der Waals surface area contributed by atoms with Crippen molar-refractivity contribution in [2.45, 2.75) is 77.8 Å². The van der Waals surface area contributed by atoms with Gasteiger partial charge in [0.25, 0.3) is 0 Å². The SMILES string of the molecule is CC(C)(C)[Si](C)(C)Oc1ccc2c(=O)c3cc4c(=O)c5cc(O[Si](C)(C)C(C)(C)C)ccc5c(=O)c4cc3c(=O)c2c1. The second kappa shape index (κ2) is 9.44. The Morgan fingerprint density at radius 1 is 0.429 bits per heavy atom. The molecule has 0 spiro atoms. The van der Waals surface area contributed by atoms with Crippen LogP contribution < -0.4 is 30.6 Å². The minimum Gasteiger partial charge on any atom is -0.543 e. The van der Waals surface area contributed by atoms with Crippen LogP contribution in [-0.2, 0) is 0 Å². The summed E-state index contributed by atoms with van der Waals surface area (Å²) >= 11 is 0. The van der Waals surface area contributed by atoms with Crippen molar-refractivity contribution in [1.82, 2.24) is 0 Å². The van der Waals surface area contributed by atoms with E-state index in [9.17, 15) is 19.2 Å². The maximum Gasteiger partial charge on any atom is 0.250 e. The zero-order valence-electron chi connectivity index (χ0n) is 26.1. The molecule has 0 fully saturated rings. The molecule has 0 unspecified atom stereocenters. The van der Waals surface area contributed by atoms with Gasteiger partial charge in [0.15, 0.2) is 21.7 Å². The molecule has 0 aliphatic heterocycles. The molecule has 0 saturated carbocycles. The summed E-state index contributed by atoms with van der Waals surface area (Å²) in [5.41, 5.74) is -1.45. The molecule has 8 heteroatoms. The zero-order chi connectivity index (χ0) is 31.2. The van der Waals surface area contributed by atoms with Crippen molar-refractivity contribution in [1.29, 1.82) is 0 Å². The molecule has 0 N–H and O–H groups in total. The number of hydrogen-bond acceptors (Lipinski definition) is 6. The van der Waals surface area contributed by atoms with Crippen LogP contribution in [0.15, 0.2) is 67.7 Å². The first kappa shape index (κ1) is 29.9. The van der Waals surface area contributed by atoms with Crippen molar-refractivity contribution in [3.05, 3.63) is 89.4 Å². The van der Waals surface area contributed by atoms with Gasteiger partial charge in [0, 0.05) is 43.1 Å². The van der Waals surface area contributed by atoms with Crippen LogP contribution in [0.4, 0.5) is 0 Å². The summed E-state index contributed by atoms with van der Waals surface area (Å²) in [5, 5.41) is 1.41. The van der Waals surface area contributed by atoms with Crippen molar-refractivity contribution in [2.24, 2.45) is 0 Å². The highest BCUT2D eigenvalue weighted by molar-refractivity contribution is 6.75. The average Bonchev–Trinajstić information content (AvgIpc) is 2.88. The topological polar surface area (TPSA) is 86.7 Å². The third-order valence-electron chi connectivity index (χ3n) is 9.46. The average molecular weight is 599 g/mol. The van der Waals surface area contributed by atoms with Gasteiger partial charge in [-0.1, -0.05) is 41.5 Å². The van der Waals surface area contributed by atoms with Crippen LogP contribution in [0.2, 0.25) is 36.3 Å². The van der Waals surface area contributed by atoms with Crippen LogP contribution >= 0.6 is 0 Å². The largest absolute Gasteiger partial charge is 0.543 e. The van der Waals surface area contributed by atoms with E-state index in [0.717, 1.165) is 0 Å². The van der Waals surface area contributed by atoms with Crippen molar-refractivity contribution >= 4 is 59.7 Å². The summed E-state index contributed by atoms with van der Waals surface area (Å²) < 4.78 is 12.8. The second-order valence-corrected chi connectivity index (χ2v) is 23.8. The molecule has 0 aliphatic rings. The molecule has 0 amide bonds. The van der Waals surface area contributed by atoms with Gasteiger partial charge in [-0.25, -0.2) is 0 Å². The van der Waals surface area contributed by atoms with E-state index >= 15 is 0 Å². The van der Waals surface area contributed by atoms with E-state index < -0.39 is 16.6 Å². The van der Waals surface area contributed by atoms with Gasteiger partial charge in [-0.3, -0.25) is 19.2 Å². The highest BCUT2D eigenvalue weighted by atomic mass is 28.4. The highest BCUT2D eigenvalue weighted by Crippen LogP contribution is 2.39. The first-order chi connectivity index (χ1) is 19.2. The molecule has 218 valence electrons. The quantitative estimate of drug-likeness (QED) is 0.158. The van der Waals surface area contributed by atoms with E-state index in [1.165, 1.54) is 12.1 Å². The van der Waals surface area contributed by atoms with Crippen molar-refractivity contribution in [3.63, 3.8) is 0 Å². The predicted molar refractivity (Wildman–Crippen MR) is 180 cm³/mol. The monoisotopic (exact) mass is 598 g/mol. The van der Waals surface area contributed by atoms with Crippen LogP contribution in [0, 0.1) is 0 Å². The Morgan fingerprint density at radius 2 is 0.690 bits per heavy atom. The summed E-state index contributed by atoms with van der Waals surface area (Å²) in [6, 6.07) is 12.8. The summed E-state index contributed by atoms with van der Waals surface area (Å²) in [6.07, 6.45) is 0. The Kier molecular flexibility index (Phi) is 6.71.